The Bertz CT molecular complexity index is 350. The first-order chi connectivity index (χ1) is 6.54. The summed E-state index contributed by atoms with van der Waals surface area (Å²) in [7, 11) is 3.52. The number of carboxylic acid groups (broad SMARTS) is 1. The largest absolute Gasteiger partial charge is 0.477 e. The van der Waals surface area contributed by atoms with Crippen molar-refractivity contribution in [3.05, 3.63) is 23.4 Å². The predicted octanol–water partition coefficient (Wildman–Crippen LogP) is 0.338. The van der Waals surface area contributed by atoms with Crippen LogP contribution < -0.4 is 4.90 Å². The van der Waals surface area contributed by atoms with Gasteiger partial charge in [-0.05, 0) is 17.7 Å². The molecule has 0 saturated heterocycles. The monoisotopic (exact) mass is 196 g/mol. The molecule has 0 fully saturated rings. The van der Waals surface area contributed by atoms with Gasteiger partial charge in [0.1, 0.15) is 5.82 Å². The second-order valence-electron chi connectivity index (χ2n) is 3.08. The third kappa shape index (κ3) is 2.20. The molecule has 0 aliphatic heterocycles. The van der Waals surface area contributed by atoms with Gasteiger partial charge >= 0.3 is 5.97 Å². The molecule has 0 bridgehead atoms. The lowest BCUT2D eigenvalue weighted by atomic mass is 10.2. The van der Waals surface area contributed by atoms with E-state index in [1.807, 2.05) is 0 Å². The summed E-state index contributed by atoms with van der Waals surface area (Å²) in [5, 5.41) is 17.7. The summed E-state index contributed by atoms with van der Waals surface area (Å²) in [5.41, 5.74) is 0.487. The Morgan fingerprint density at radius 1 is 1.50 bits per heavy atom. The number of aliphatic hydroxyl groups excluding tert-OH is 1. The number of carbonyl (C=O) groups is 1. The predicted molar refractivity (Wildman–Crippen MR) is 51.4 cm³/mol. The Balaban J connectivity index is 3.20. The second-order valence-corrected chi connectivity index (χ2v) is 3.08. The van der Waals surface area contributed by atoms with Gasteiger partial charge in [-0.25, -0.2) is 9.78 Å². The van der Waals surface area contributed by atoms with Crippen LogP contribution in [-0.4, -0.2) is 35.3 Å². The molecule has 76 valence electrons. The Hall–Kier alpha value is -1.62. The van der Waals surface area contributed by atoms with Crippen LogP contribution in [0.5, 0.6) is 0 Å². The van der Waals surface area contributed by atoms with E-state index < -0.39 is 5.97 Å². The molecule has 0 aliphatic carbocycles. The minimum atomic E-state index is -1.09. The molecule has 1 aromatic rings. The van der Waals surface area contributed by atoms with E-state index in [4.69, 9.17) is 10.2 Å². The van der Waals surface area contributed by atoms with Crippen LogP contribution in [0.25, 0.3) is 0 Å². The average Bonchev–Trinajstić information content (AvgIpc) is 2.16. The zero-order valence-corrected chi connectivity index (χ0v) is 8.06. The van der Waals surface area contributed by atoms with E-state index in [1.165, 1.54) is 6.07 Å². The van der Waals surface area contributed by atoms with Gasteiger partial charge in [-0.2, -0.15) is 0 Å². The molecular formula is C9H12N2O3. The maximum absolute atomic E-state index is 10.7. The van der Waals surface area contributed by atoms with Gasteiger partial charge in [0.05, 0.1) is 6.61 Å². The van der Waals surface area contributed by atoms with E-state index in [0.717, 1.165) is 0 Å². The number of anilines is 1. The molecule has 1 heterocycles. The number of hydrogen-bond acceptors (Lipinski definition) is 4. The van der Waals surface area contributed by atoms with Crippen LogP contribution in [0.1, 0.15) is 16.1 Å². The zero-order chi connectivity index (χ0) is 10.7. The van der Waals surface area contributed by atoms with Crippen molar-refractivity contribution < 1.29 is 15.0 Å². The highest BCUT2D eigenvalue weighted by atomic mass is 16.4. The standard InChI is InChI=1S/C9H12N2O3/c1-11(2)8-4-6(5-12)3-7(10-8)9(13)14/h3-4,12H,5H2,1-2H3,(H,13,14). The molecule has 5 nitrogen and oxygen atoms in total. The lowest BCUT2D eigenvalue weighted by molar-refractivity contribution is 0.0690. The summed E-state index contributed by atoms with van der Waals surface area (Å²) in [6, 6.07) is 3.00. The van der Waals surface area contributed by atoms with Crippen LogP contribution in [0.15, 0.2) is 12.1 Å². The molecule has 5 heteroatoms. The van der Waals surface area contributed by atoms with Crippen molar-refractivity contribution in [2.75, 3.05) is 19.0 Å². The maximum Gasteiger partial charge on any atom is 0.354 e. The van der Waals surface area contributed by atoms with Crippen molar-refractivity contribution in [3.8, 4) is 0 Å². The molecule has 0 amide bonds. The fourth-order valence-corrected chi connectivity index (χ4v) is 1.00. The van der Waals surface area contributed by atoms with Crippen LogP contribution in [0.2, 0.25) is 0 Å². The van der Waals surface area contributed by atoms with E-state index in [9.17, 15) is 4.79 Å². The topological polar surface area (TPSA) is 73.7 Å². The number of aliphatic hydroxyl groups is 1. The fraction of sp³-hybridized carbons (Fsp3) is 0.333. The molecule has 0 aromatic carbocycles. The van der Waals surface area contributed by atoms with Gasteiger partial charge in [0.25, 0.3) is 0 Å². The first kappa shape index (κ1) is 10.5. The van der Waals surface area contributed by atoms with Crippen molar-refractivity contribution in [2.45, 2.75) is 6.61 Å². The van der Waals surface area contributed by atoms with Crippen LogP contribution in [0.3, 0.4) is 0 Å². The van der Waals surface area contributed by atoms with E-state index >= 15 is 0 Å². The number of pyridine rings is 1. The molecule has 0 unspecified atom stereocenters. The Morgan fingerprint density at radius 3 is 2.57 bits per heavy atom. The van der Waals surface area contributed by atoms with Crippen molar-refractivity contribution in [2.24, 2.45) is 0 Å². The average molecular weight is 196 g/mol. The highest BCUT2D eigenvalue weighted by Gasteiger charge is 2.09. The van der Waals surface area contributed by atoms with E-state index in [-0.39, 0.29) is 12.3 Å². The summed E-state index contributed by atoms with van der Waals surface area (Å²) in [6.45, 7) is -0.191. The second kappa shape index (κ2) is 4.06. The highest BCUT2D eigenvalue weighted by molar-refractivity contribution is 5.86. The van der Waals surface area contributed by atoms with Crippen molar-refractivity contribution >= 4 is 11.8 Å². The third-order valence-corrected chi connectivity index (χ3v) is 1.73. The molecular weight excluding hydrogens is 184 g/mol. The third-order valence-electron chi connectivity index (χ3n) is 1.73. The van der Waals surface area contributed by atoms with E-state index in [0.29, 0.717) is 11.4 Å². The minimum Gasteiger partial charge on any atom is -0.477 e. The SMILES string of the molecule is CN(C)c1cc(CO)cc(C(=O)O)n1. The first-order valence-electron chi connectivity index (χ1n) is 4.07. The highest BCUT2D eigenvalue weighted by Crippen LogP contribution is 2.12. The van der Waals surface area contributed by atoms with Crippen molar-refractivity contribution in [1.29, 1.82) is 0 Å². The van der Waals surface area contributed by atoms with Gasteiger partial charge in [-0.15, -0.1) is 0 Å². The first-order valence-corrected chi connectivity index (χ1v) is 4.07. The number of hydrogen-bond donors (Lipinski definition) is 2. The molecule has 0 spiro atoms. The summed E-state index contributed by atoms with van der Waals surface area (Å²) < 4.78 is 0. The molecule has 14 heavy (non-hydrogen) atoms. The number of aromatic carboxylic acids is 1. The van der Waals surface area contributed by atoms with Crippen molar-refractivity contribution in [3.63, 3.8) is 0 Å². The Labute approximate surface area is 81.6 Å². The summed E-state index contributed by atoms with van der Waals surface area (Å²) in [6.07, 6.45) is 0. The number of aromatic nitrogens is 1. The molecule has 0 aliphatic rings. The van der Waals surface area contributed by atoms with Gasteiger partial charge in [-0.3, -0.25) is 0 Å². The maximum atomic E-state index is 10.7. The number of nitrogens with zero attached hydrogens (tertiary/aromatic N) is 2. The van der Waals surface area contributed by atoms with Crippen LogP contribution in [0, 0.1) is 0 Å². The number of rotatable bonds is 3. The molecule has 2 N–H and O–H groups in total. The molecule has 1 rings (SSSR count). The lowest BCUT2D eigenvalue weighted by Crippen LogP contribution is -2.13. The quantitative estimate of drug-likeness (QED) is 0.729. The normalized spacial score (nSPS) is 9.93. The van der Waals surface area contributed by atoms with Gasteiger partial charge in [-0.1, -0.05) is 0 Å². The van der Waals surface area contributed by atoms with Crippen molar-refractivity contribution in [1.82, 2.24) is 4.98 Å². The molecule has 0 radical (unpaired) electrons. The van der Waals surface area contributed by atoms with Crippen LogP contribution in [-0.2, 0) is 6.61 Å². The smallest absolute Gasteiger partial charge is 0.354 e. The number of carboxylic acids is 1. The molecule has 1 aromatic heterocycles. The van der Waals surface area contributed by atoms with Gasteiger partial charge < -0.3 is 15.1 Å². The van der Waals surface area contributed by atoms with E-state index in [1.54, 1.807) is 25.1 Å². The Kier molecular flexibility index (Phi) is 3.03. The van der Waals surface area contributed by atoms with E-state index in [2.05, 4.69) is 4.98 Å². The summed E-state index contributed by atoms with van der Waals surface area (Å²) in [5.74, 6) is -0.572. The van der Waals surface area contributed by atoms with Crippen LogP contribution in [0.4, 0.5) is 5.82 Å². The van der Waals surface area contributed by atoms with Gasteiger partial charge in [0.2, 0.25) is 0 Å². The fourth-order valence-electron chi connectivity index (χ4n) is 1.00. The van der Waals surface area contributed by atoms with Gasteiger partial charge in [0.15, 0.2) is 5.69 Å². The zero-order valence-electron chi connectivity index (χ0n) is 8.06. The minimum absolute atomic E-state index is 0.0553. The van der Waals surface area contributed by atoms with Gasteiger partial charge in [0, 0.05) is 14.1 Å². The lowest BCUT2D eigenvalue weighted by Gasteiger charge is -2.12. The summed E-state index contributed by atoms with van der Waals surface area (Å²) >= 11 is 0. The Morgan fingerprint density at radius 2 is 2.14 bits per heavy atom. The summed E-state index contributed by atoms with van der Waals surface area (Å²) in [4.78, 5) is 16.3. The van der Waals surface area contributed by atoms with Crippen LogP contribution >= 0.6 is 0 Å². The molecule has 0 saturated carbocycles. The molecule has 0 atom stereocenters.